The normalized spacial score (nSPS) is 10.2. The van der Waals surface area contributed by atoms with Crippen molar-refractivity contribution in [2.75, 3.05) is 5.73 Å². The highest BCUT2D eigenvalue weighted by molar-refractivity contribution is 7.98. The van der Waals surface area contributed by atoms with E-state index in [0.717, 1.165) is 10.6 Å². The van der Waals surface area contributed by atoms with Crippen LogP contribution in [0.2, 0.25) is 0 Å². The highest BCUT2D eigenvalue weighted by atomic mass is 32.2. The van der Waals surface area contributed by atoms with Crippen molar-refractivity contribution in [3.05, 3.63) is 64.2 Å². The van der Waals surface area contributed by atoms with Crippen LogP contribution in [0.1, 0.15) is 5.56 Å². The first kappa shape index (κ1) is 12.4. The number of anilines is 1. The molecule has 0 heterocycles. The predicted molar refractivity (Wildman–Crippen MR) is 73.5 cm³/mol. The number of rotatable bonds is 4. The van der Waals surface area contributed by atoms with Gasteiger partial charge in [-0.2, -0.15) is 0 Å². The second-order valence-corrected chi connectivity index (χ2v) is 4.80. The van der Waals surface area contributed by atoms with Crippen LogP contribution in [0.3, 0.4) is 0 Å². The molecule has 0 aliphatic carbocycles. The van der Waals surface area contributed by atoms with Gasteiger partial charge in [-0.1, -0.05) is 30.3 Å². The van der Waals surface area contributed by atoms with E-state index in [1.807, 2.05) is 30.3 Å². The molecular weight excluding hydrogens is 248 g/mol. The summed E-state index contributed by atoms with van der Waals surface area (Å²) in [5, 5.41) is 10.6. The standard InChI is InChI=1S/C13H12N2O2S/c14-12-8-11(6-7-13(12)15(16)17)18-9-10-4-2-1-3-5-10/h1-8H,9,14H2. The number of benzene rings is 2. The van der Waals surface area contributed by atoms with E-state index in [-0.39, 0.29) is 11.4 Å². The lowest BCUT2D eigenvalue weighted by Crippen LogP contribution is -1.95. The van der Waals surface area contributed by atoms with Gasteiger partial charge in [0.25, 0.3) is 5.69 Å². The van der Waals surface area contributed by atoms with Crippen LogP contribution in [0.4, 0.5) is 11.4 Å². The van der Waals surface area contributed by atoms with Crippen molar-refractivity contribution in [2.45, 2.75) is 10.6 Å². The summed E-state index contributed by atoms with van der Waals surface area (Å²) in [5.41, 5.74) is 7.01. The zero-order chi connectivity index (χ0) is 13.0. The van der Waals surface area contributed by atoms with Crippen molar-refractivity contribution in [2.24, 2.45) is 0 Å². The smallest absolute Gasteiger partial charge is 0.292 e. The molecule has 0 amide bonds. The first-order valence-corrected chi connectivity index (χ1v) is 6.36. The Hall–Kier alpha value is -2.01. The first-order chi connectivity index (χ1) is 8.66. The summed E-state index contributed by atoms with van der Waals surface area (Å²) < 4.78 is 0. The molecular formula is C13H12N2O2S. The van der Waals surface area contributed by atoms with Gasteiger partial charge in [-0.3, -0.25) is 10.1 Å². The van der Waals surface area contributed by atoms with E-state index in [1.165, 1.54) is 11.6 Å². The molecule has 0 radical (unpaired) electrons. The minimum atomic E-state index is -0.471. The molecule has 4 nitrogen and oxygen atoms in total. The Labute approximate surface area is 109 Å². The SMILES string of the molecule is Nc1cc(SCc2ccccc2)ccc1[N+](=O)[O-]. The van der Waals surface area contributed by atoms with Crippen molar-refractivity contribution in [1.29, 1.82) is 0 Å². The Bertz CT molecular complexity index is 558. The number of nitro groups is 1. The maximum atomic E-state index is 10.6. The first-order valence-electron chi connectivity index (χ1n) is 5.37. The van der Waals surface area contributed by atoms with Crippen molar-refractivity contribution in [3.8, 4) is 0 Å². The fourth-order valence-corrected chi connectivity index (χ4v) is 2.43. The Morgan fingerprint density at radius 2 is 1.89 bits per heavy atom. The third-order valence-corrected chi connectivity index (χ3v) is 3.51. The Balaban J connectivity index is 2.07. The number of nitrogen functional groups attached to an aromatic ring is 1. The third kappa shape index (κ3) is 3.01. The van der Waals surface area contributed by atoms with Gasteiger partial charge in [0.05, 0.1) is 4.92 Å². The Kier molecular flexibility index (Phi) is 3.84. The Morgan fingerprint density at radius 1 is 1.17 bits per heavy atom. The molecule has 0 aliphatic rings. The molecule has 2 N–H and O–H groups in total. The molecule has 0 unspecified atom stereocenters. The lowest BCUT2D eigenvalue weighted by Gasteiger charge is -2.03. The summed E-state index contributed by atoms with van der Waals surface area (Å²) in [6.07, 6.45) is 0. The van der Waals surface area contributed by atoms with Crippen molar-refractivity contribution < 1.29 is 4.92 Å². The number of hydrogen-bond acceptors (Lipinski definition) is 4. The van der Waals surface area contributed by atoms with Crippen molar-refractivity contribution >= 4 is 23.1 Å². The minimum absolute atomic E-state index is 0.0425. The average molecular weight is 260 g/mol. The molecule has 0 saturated heterocycles. The fourth-order valence-electron chi connectivity index (χ4n) is 1.53. The molecule has 5 heteroatoms. The molecule has 0 fully saturated rings. The maximum Gasteiger partial charge on any atom is 0.292 e. The van der Waals surface area contributed by atoms with Crippen LogP contribution in [0.15, 0.2) is 53.4 Å². The quantitative estimate of drug-likeness (QED) is 0.395. The Morgan fingerprint density at radius 3 is 2.50 bits per heavy atom. The van der Waals surface area contributed by atoms with Gasteiger partial charge in [0.15, 0.2) is 0 Å². The number of nitrogens with zero attached hydrogens (tertiary/aromatic N) is 1. The van der Waals surface area contributed by atoms with Gasteiger partial charge in [-0.15, -0.1) is 11.8 Å². The summed E-state index contributed by atoms with van der Waals surface area (Å²) in [7, 11) is 0. The molecule has 0 aliphatic heterocycles. The molecule has 0 bridgehead atoms. The summed E-state index contributed by atoms with van der Waals surface area (Å²) in [4.78, 5) is 11.1. The third-order valence-electron chi connectivity index (χ3n) is 2.44. The predicted octanol–water partition coefficient (Wildman–Crippen LogP) is 3.47. The molecule has 0 spiro atoms. The van der Waals surface area contributed by atoms with Gasteiger partial charge in [0.2, 0.25) is 0 Å². The molecule has 2 rings (SSSR count). The maximum absolute atomic E-state index is 10.6. The molecule has 92 valence electrons. The van der Waals surface area contributed by atoms with E-state index in [9.17, 15) is 10.1 Å². The van der Waals surface area contributed by atoms with E-state index in [4.69, 9.17) is 5.73 Å². The van der Waals surface area contributed by atoms with Crippen LogP contribution in [0.25, 0.3) is 0 Å². The van der Waals surface area contributed by atoms with Crippen LogP contribution in [-0.2, 0) is 5.75 Å². The molecule has 2 aromatic carbocycles. The highest BCUT2D eigenvalue weighted by Gasteiger charge is 2.11. The molecule has 2 aromatic rings. The second-order valence-electron chi connectivity index (χ2n) is 3.75. The number of hydrogen-bond donors (Lipinski definition) is 1. The molecule has 0 atom stereocenters. The van der Waals surface area contributed by atoms with Crippen LogP contribution >= 0.6 is 11.8 Å². The van der Waals surface area contributed by atoms with Crippen molar-refractivity contribution in [3.63, 3.8) is 0 Å². The molecule has 0 aromatic heterocycles. The minimum Gasteiger partial charge on any atom is -0.393 e. The van der Waals surface area contributed by atoms with E-state index < -0.39 is 4.92 Å². The zero-order valence-corrected chi connectivity index (χ0v) is 10.4. The number of thioether (sulfide) groups is 1. The van der Waals surface area contributed by atoms with Crippen LogP contribution in [0.5, 0.6) is 0 Å². The monoisotopic (exact) mass is 260 g/mol. The van der Waals surface area contributed by atoms with E-state index in [0.29, 0.717) is 0 Å². The van der Waals surface area contributed by atoms with E-state index in [1.54, 1.807) is 23.9 Å². The number of nitrogens with two attached hydrogens (primary N) is 1. The van der Waals surface area contributed by atoms with Gasteiger partial charge in [0.1, 0.15) is 5.69 Å². The van der Waals surface area contributed by atoms with Crippen LogP contribution < -0.4 is 5.73 Å². The van der Waals surface area contributed by atoms with Crippen LogP contribution in [0, 0.1) is 10.1 Å². The fraction of sp³-hybridized carbons (Fsp3) is 0.0769. The van der Waals surface area contributed by atoms with Gasteiger partial charge >= 0.3 is 0 Å². The number of nitro benzene ring substituents is 1. The van der Waals surface area contributed by atoms with Gasteiger partial charge in [0, 0.05) is 16.7 Å². The van der Waals surface area contributed by atoms with Crippen LogP contribution in [-0.4, -0.2) is 4.92 Å². The summed E-state index contributed by atoms with van der Waals surface area (Å²) in [5.74, 6) is 0.818. The molecule has 0 saturated carbocycles. The lowest BCUT2D eigenvalue weighted by atomic mass is 10.2. The topological polar surface area (TPSA) is 69.2 Å². The zero-order valence-electron chi connectivity index (χ0n) is 9.58. The highest BCUT2D eigenvalue weighted by Crippen LogP contribution is 2.29. The van der Waals surface area contributed by atoms with Crippen molar-refractivity contribution in [1.82, 2.24) is 0 Å². The van der Waals surface area contributed by atoms with Gasteiger partial charge < -0.3 is 5.73 Å². The van der Waals surface area contributed by atoms with E-state index in [2.05, 4.69) is 0 Å². The van der Waals surface area contributed by atoms with Gasteiger partial charge in [-0.05, 0) is 17.7 Å². The van der Waals surface area contributed by atoms with Gasteiger partial charge in [-0.25, -0.2) is 0 Å². The second kappa shape index (κ2) is 5.55. The summed E-state index contributed by atoms with van der Waals surface area (Å²) >= 11 is 1.61. The largest absolute Gasteiger partial charge is 0.393 e. The molecule has 18 heavy (non-hydrogen) atoms. The summed E-state index contributed by atoms with van der Waals surface area (Å²) in [6, 6.07) is 14.8. The lowest BCUT2D eigenvalue weighted by molar-refractivity contribution is -0.383. The van der Waals surface area contributed by atoms with E-state index >= 15 is 0 Å². The summed E-state index contributed by atoms with van der Waals surface area (Å²) in [6.45, 7) is 0. The average Bonchev–Trinajstić information content (AvgIpc) is 2.37.